The predicted octanol–water partition coefficient (Wildman–Crippen LogP) is 1.85. The normalized spacial score (nSPS) is 10.9. The smallest absolute Gasteiger partial charge is 0.137 e. The van der Waals surface area contributed by atoms with E-state index < -0.39 is 11.6 Å². The highest BCUT2D eigenvalue weighted by Crippen LogP contribution is 2.17. The molecule has 2 nitrogen and oxygen atoms in total. The third-order valence-corrected chi connectivity index (χ3v) is 1.78. The molecule has 0 saturated heterocycles. The fourth-order valence-electron chi connectivity index (χ4n) is 1.17. The van der Waals surface area contributed by atoms with Crippen molar-refractivity contribution < 1.29 is 8.78 Å². The van der Waals surface area contributed by atoms with E-state index in [0.717, 1.165) is 6.07 Å². The summed E-state index contributed by atoms with van der Waals surface area (Å²) < 4.78 is 27.1. The maximum atomic E-state index is 13.0. The molecule has 1 aromatic heterocycles. The number of fused-ring (bicyclic) bond motifs is 1. The highest BCUT2D eigenvalue weighted by molar-refractivity contribution is 5.79. The zero-order chi connectivity index (χ0) is 8.72. The molecular weight excluding hydrogens is 162 g/mol. The van der Waals surface area contributed by atoms with E-state index in [9.17, 15) is 8.78 Å². The van der Waals surface area contributed by atoms with Crippen LogP contribution in [0.25, 0.3) is 10.9 Å². The molecule has 0 radical (unpaired) electrons. The lowest BCUT2D eigenvalue weighted by Crippen LogP contribution is -1.90. The van der Waals surface area contributed by atoms with E-state index in [0.29, 0.717) is 10.9 Å². The number of halogens is 2. The van der Waals surface area contributed by atoms with Gasteiger partial charge in [-0.25, -0.2) is 8.78 Å². The van der Waals surface area contributed by atoms with Crippen LogP contribution in [0.4, 0.5) is 8.78 Å². The van der Waals surface area contributed by atoms with Gasteiger partial charge < -0.3 is 0 Å². The number of nitrogens with zero attached hydrogens (tertiary/aromatic N) is 2. The minimum atomic E-state index is -0.580. The highest BCUT2D eigenvalue weighted by Gasteiger charge is 2.06. The Morgan fingerprint density at radius 1 is 1.33 bits per heavy atom. The van der Waals surface area contributed by atoms with Gasteiger partial charge in [0.15, 0.2) is 0 Å². The van der Waals surface area contributed by atoms with Crippen LogP contribution in [0.5, 0.6) is 0 Å². The van der Waals surface area contributed by atoms with Crippen molar-refractivity contribution in [2.24, 2.45) is 7.05 Å². The summed E-state index contributed by atoms with van der Waals surface area (Å²) in [6, 6.07) is 2.11. The van der Waals surface area contributed by atoms with Crippen molar-refractivity contribution in [3.63, 3.8) is 0 Å². The molecule has 2 aromatic rings. The first-order chi connectivity index (χ1) is 5.68. The van der Waals surface area contributed by atoms with Gasteiger partial charge in [-0.3, -0.25) is 4.68 Å². The number of aromatic nitrogens is 2. The lowest BCUT2D eigenvalue weighted by atomic mass is 10.2. The number of benzene rings is 1. The minimum Gasteiger partial charge on any atom is -0.268 e. The van der Waals surface area contributed by atoms with Crippen LogP contribution in [0.3, 0.4) is 0 Å². The standard InChI is InChI=1S/C8H6F2N2/c1-12-8-3-5(9)2-7(10)6(8)4-11-12/h2-4H,1H3. The Bertz CT molecular complexity index is 434. The summed E-state index contributed by atoms with van der Waals surface area (Å²) in [4.78, 5) is 0. The summed E-state index contributed by atoms with van der Waals surface area (Å²) in [5.74, 6) is -1.15. The average Bonchev–Trinajstić information content (AvgIpc) is 2.33. The van der Waals surface area contributed by atoms with Gasteiger partial charge in [-0.2, -0.15) is 5.10 Å². The van der Waals surface area contributed by atoms with E-state index in [1.807, 2.05) is 0 Å². The maximum Gasteiger partial charge on any atom is 0.137 e. The first-order valence-corrected chi connectivity index (χ1v) is 3.45. The fourth-order valence-corrected chi connectivity index (χ4v) is 1.17. The van der Waals surface area contributed by atoms with Crippen LogP contribution in [-0.2, 0) is 7.05 Å². The second-order valence-electron chi connectivity index (χ2n) is 2.59. The van der Waals surface area contributed by atoms with E-state index in [2.05, 4.69) is 5.10 Å². The molecule has 0 aliphatic rings. The van der Waals surface area contributed by atoms with Gasteiger partial charge in [0.1, 0.15) is 11.6 Å². The van der Waals surface area contributed by atoms with E-state index >= 15 is 0 Å². The van der Waals surface area contributed by atoms with Crippen molar-refractivity contribution in [3.8, 4) is 0 Å². The highest BCUT2D eigenvalue weighted by atomic mass is 19.1. The molecule has 0 bridgehead atoms. The van der Waals surface area contributed by atoms with Crippen molar-refractivity contribution >= 4 is 10.9 Å². The Morgan fingerprint density at radius 3 is 2.83 bits per heavy atom. The molecule has 1 heterocycles. The number of aryl methyl sites for hydroxylation is 1. The quantitative estimate of drug-likeness (QED) is 0.587. The van der Waals surface area contributed by atoms with E-state index in [1.165, 1.54) is 16.9 Å². The van der Waals surface area contributed by atoms with Crippen LogP contribution < -0.4 is 0 Å². The Labute approximate surface area is 67.4 Å². The molecule has 0 atom stereocenters. The van der Waals surface area contributed by atoms with Gasteiger partial charge in [-0.05, 0) is 6.07 Å². The molecule has 0 aliphatic carbocycles. The molecule has 62 valence electrons. The fraction of sp³-hybridized carbons (Fsp3) is 0.125. The topological polar surface area (TPSA) is 17.8 Å². The van der Waals surface area contributed by atoms with Gasteiger partial charge in [0.2, 0.25) is 0 Å². The third kappa shape index (κ3) is 0.879. The van der Waals surface area contributed by atoms with Crippen LogP contribution in [0, 0.1) is 11.6 Å². The first-order valence-electron chi connectivity index (χ1n) is 3.45. The Balaban J connectivity index is 2.92. The summed E-state index contributed by atoms with van der Waals surface area (Å²) in [5.41, 5.74) is 0.465. The van der Waals surface area contributed by atoms with Gasteiger partial charge in [0.25, 0.3) is 0 Å². The molecular formula is C8H6F2N2. The lowest BCUT2D eigenvalue weighted by molar-refractivity contribution is 0.591. The van der Waals surface area contributed by atoms with E-state index in [-0.39, 0.29) is 0 Å². The van der Waals surface area contributed by atoms with Crippen LogP contribution in [-0.4, -0.2) is 9.78 Å². The predicted molar refractivity (Wildman–Crippen MR) is 40.6 cm³/mol. The number of hydrogen-bond acceptors (Lipinski definition) is 1. The molecule has 0 fully saturated rings. The zero-order valence-electron chi connectivity index (χ0n) is 6.38. The van der Waals surface area contributed by atoms with Crippen LogP contribution in [0.2, 0.25) is 0 Å². The summed E-state index contributed by atoms with van der Waals surface area (Å²) >= 11 is 0. The molecule has 0 saturated carbocycles. The van der Waals surface area contributed by atoms with Gasteiger partial charge >= 0.3 is 0 Å². The first kappa shape index (κ1) is 7.21. The number of hydrogen-bond donors (Lipinski definition) is 0. The molecule has 0 spiro atoms. The minimum absolute atomic E-state index is 0.346. The monoisotopic (exact) mass is 168 g/mol. The van der Waals surface area contributed by atoms with Crippen molar-refractivity contribution in [3.05, 3.63) is 30.0 Å². The molecule has 0 unspecified atom stereocenters. The van der Waals surface area contributed by atoms with Gasteiger partial charge in [0.05, 0.1) is 17.1 Å². The molecule has 0 amide bonds. The molecule has 4 heteroatoms. The van der Waals surface area contributed by atoms with Gasteiger partial charge in [0, 0.05) is 13.1 Å². The van der Waals surface area contributed by atoms with Crippen LogP contribution in [0.15, 0.2) is 18.3 Å². The molecule has 12 heavy (non-hydrogen) atoms. The number of rotatable bonds is 0. The third-order valence-electron chi connectivity index (χ3n) is 1.78. The van der Waals surface area contributed by atoms with Crippen molar-refractivity contribution in [1.29, 1.82) is 0 Å². The largest absolute Gasteiger partial charge is 0.268 e. The zero-order valence-corrected chi connectivity index (χ0v) is 6.38. The second-order valence-corrected chi connectivity index (χ2v) is 2.59. The molecule has 2 rings (SSSR count). The Morgan fingerprint density at radius 2 is 2.08 bits per heavy atom. The maximum absolute atomic E-state index is 13.0. The Kier molecular flexibility index (Phi) is 1.36. The molecule has 1 aromatic carbocycles. The summed E-state index contributed by atoms with van der Waals surface area (Å²) in [6.07, 6.45) is 1.38. The average molecular weight is 168 g/mol. The van der Waals surface area contributed by atoms with Crippen molar-refractivity contribution in [1.82, 2.24) is 9.78 Å². The summed E-state index contributed by atoms with van der Waals surface area (Å²) in [7, 11) is 1.64. The van der Waals surface area contributed by atoms with Gasteiger partial charge in [-0.15, -0.1) is 0 Å². The van der Waals surface area contributed by atoms with Crippen molar-refractivity contribution in [2.45, 2.75) is 0 Å². The van der Waals surface area contributed by atoms with Crippen LogP contribution >= 0.6 is 0 Å². The van der Waals surface area contributed by atoms with E-state index in [1.54, 1.807) is 7.05 Å². The van der Waals surface area contributed by atoms with E-state index in [4.69, 9.17) is 0 Å². The molecule has 0 N–H and O–H groups in total. The van der Waals surface area contributed by atoms with Gasteiger partial charge in [-0.1, -0.05) is 0 Å². The SMILES string of the molecule is Cn1ncc2c(F)cc(F)cc21. The van der Waals surface area contributed by atoms with Crippen molar-refractivity contribution in [2.75, 3.05) is 0 Å². The van der Waals surface area contributed by atoms with Crippen LogP contribution in [0.1, 0.15) is 0 Å². The lowest BCUT2D eigenvalue weighted by Gasteiger charge is -1.94. The summed E-state index contributed by atoms with van der Waals surface area (Å²) in [5, 5.41) is 4.15. The summed E-state index contributed by atoms with van der Waals surface area (Å²) in [6.45, 7) is 0. The molecule has 0 aliphatic heterocycles. The Hall–Kier alpha value is -1.45. The second kappa shape index (κ2) is 2.27.